The fraction of sp³-hybridized carbons (Fsp3) is 0. The summed E-state index contributed by atoms with van der Waals surface area (Å²) >= 11 is -12.1. The molecular weight excluding hydrogens is 449 g/mol. The molecule has 0 heterocycles. The number of hydrogen-bond donors (Lipinski definition) is 2. The molecule has 0 fully saturated rings. The Hall–Kier alpha value is 4.58. The van der Waals surface area contributed by atoms with E-state index in [0.29, 0.717) is 0 Å². The molecule has 0 aromatic carbocycles. The van der Waals surface area contributed by atoms with Gasteiger partial charge in [0.1, 0.15) is 0 Å². The summed E-state index contributed by atoms with van der Waals surface area (Å²) in [6, 6.07) is 0. The Labute approximate surface area is 220 Å². The molecule has 0 amide bonds. The van der Waals surface area contributed by atoms with Crippen molar-refractivity contribution in [2.45, 2.75) is 0 Å². The van der Waals surface area contributed by atoms with Gasteiger partial charge >= 0.3 is 196 Å². The third-order valence-corrected chi connectivity index (χ3v) is 2.83. The first-order chi connectivity index (χ1) is 5.71. The fourth-order valence-corrected chi connectivity index (χ4v) is 1.74. The standard InChI is InChI=1S/ClH.2Cr.2K.Na.H2O4S.7O/c;;;;;;1-5(2,3)4;;;;;;;/h1H;;;;;;(H2,1,2,3,4);;;;;;;/q;;;3*+1;;;;;;;2*-1/p-1. The first-order valence-electron chi connectivity index (χ1n) is 2.03. The topological polar surface area (TPSA) is 198 Å². The van der Waals surface area contributed by atoms with Gasteiger partial charge in [0, 0.05) is 0 Å². The summed E-state index contributed by atoms with van der Waals surface area (Å²) in [6.07, 6.45) is 0. The van der Waals surface area contributed by atoms with Crippen molar-refractivity contribution in [1.82, 2.24) is 0 Å². The zero-order valence-electron chi connectivity index (χ0n) is 9.17. The van der Waals surface area contributed by atoms with Crippen LogP contribution in [0.1, 0.15) is 0 Å². The SMILES string of the molecule is O=S(=O)(O)O.[Cl-].[K+].[K+].[Na+].[O]=[Cr](=[O])([O-])[O][Cr](=[O])(=[O])[O-]. The van der Waals surface area contributed by atoms with E-state index >= 15 is 0 Å². The van der Waals surface area contributed by atoms with Gasteiger partial charge in [0.2, 0.25) is 0 Å². The van der Waals surface area contributed by atoms with E-state index in [1.165, 1.54) is 0 Å². The zero-order chi connectivity index (χ0) is 12.2. The van der Waals surface area contributed by atoms with Crippen LogP contribution >= 0.6 is 0 Å². The molecule has 0 radical (unpaired) electrons. The average molecular weight is 451 g/mol. The van der Waals surface area contributed by atoms with Crippen LogP contribution in [0.25, 0.3) is 0 Å². The van der Waals surface area contributed by atoms with Crippen molar-refractivity contribution in [2.75, 3.05) is 0 Å². The van der Waals surface area contributed by atoms with Gasteiger partial charge in [-0.3, -0.25) is 9.11 Å². The van der Waals surface area contributed by atoms with Crippen molar-refractivity contribution in [2.24, 2.45) is 0 Å². The van der Waals surface area contributed by atoms with Crippen molar-refractivity contribution in [3.8, 4) is 0 Å². The number of halogens is 1. The van der Waals surface area contributed by atoms with Crippen LogP contribution in [-0.2, 0) is 55.7 Å². The minimum absolute atomic E-state index is 0. The van der Waals surface area contributed by atoms with Gasteiger partial charge < -0.3 is 12.4 Å². The Balaban J connectivity index is -0.0000000359. The number of rotatable bonds is 2. The normalized spacial score (nSPS) is 10.0. The van der Waals surface area contributed by atoms with Gasteiger partial charge in [0.05, 0.1) is 0 Å². The minimum atomic E-state index is -6.07. The predicted octanol–water partition coefficient (Wildman–Crippen LogP) is -15.6. The van der Waals surface area contributed by atoms with Gasteiger partial charge in [-0.25, -0.2) is 0 Å². The summed E-state index contributed by atoms with van der Waals surface area (Å²) in [5.74, 6) is 0. The molecule has 0 aliphatic rings. The maximum absolute atomic E-state index is 9.38. The van der Waals surface area contributed by atoms with Crippen LogP contribution in [0.2, 0.25) is 0 Å². The molecule has 0 aromatic heterocycles. The molecule has 0 bridgehead atoms. The molecule has 0 aromatic rings. The van der Waals surface area contributed by atoms with Gasteiger partial charge in [-0.15, -0.1) is 0 Å². The van der Waals surface area contributed by atoms with Crippen molar-refractivity contribution < 1.29 is 216 Å². The summed E-state index contributed by atoms with van der Waals surface area (Å²) in [6.45, 7) is 0. The molecular formula is H2ClCr2K2NaO11S. The molecule has 0 saturated heterocycles. The summed E-state index contributed by atoms with van der Waals surface area (Å²) < 4.78 is 90.5. The summed E-state index contributed by atoms with van der Waals surface area (Å²) in [4.78, 5) is 0. The van der Waals surface area contributed by atoms with Crippen LogP contribution in [0.5, 0.6) is 0 Å². The van der Waals surface area contributed by atoms with E-state index in [9.17, 15) is 23.5 Å². The molecule has 0 aliphatic heterocycles. The molecule has 0 rings (SSSR count). The van der Waals surface area contributed by atoms with E-state index < -0.39 is 37.6 Å². The molecule has 0 saturated carbocycles. The quantitative estimate of drug-likeness (QED) is 0.299. The van der Waals surface area contributed by atoms with Crippen molar-refractivity contribution in [3.05, 3.63) is 0 Å². The second-order valence-corrected chi connectivity index (χ2v) is 5.87. The van der Waals surface area contributed by atoms with Gasteiger partial charge in [-0.05, 0) is 0 Å². The van der Waals surface area contributed by atoms with Crippen LogP contribution in [0.15, 0.2) is 0 Å². The van der Waals surface area contributed by atoms with Gasteiger partial charge in [0.25, 0.3) is 0 Å². The predicted molar refractivity (Wildman–Crippen MR) is 18.0 cm³/mol. The van der Waals surface area contributed by atoms with Crippen LogP contribution in [0, 0.1) is 0 Å². The van der Waals surface area contributed by atoms with E-state index in [-0.39, 0.29) is 145 Å². The second kappa shape index (κ2) is 16.4. The summed E-state index contributed by atoms with van der Waals surface area (Å²) in [7, 11) is -4.67. The molecule has 0 atom stereocenters. The van der Waals surface area contributed by atoms with E-state index in [1.807, 2.05) is 0 Å². The third kappa shape index (κ3) is 70.5. The van der Waals surface area contributed by atoms with Gasteiger partial charge in [-0.1, -0.05) is 0 Å². The van der Waals surface area contributed by atoms with Crippen LogP contribution < -0.4 is 153 Å². The molecule has 18 heavy (non-hydrogen) atoms. The second-order valence-electron chi connectivity index (χ2n) is 1.33. The molecule has 0 unspecified atom stereocenters. The molecule has 0 spiro atoms. The van der Waals surface area contributed by atoms with Crippen molar-refractivity contribution in [3.63, 3.8) is 0 Å². The van der Waals surface area contributed by atoms with Crippen LogP contribution in [0.3, 0.4) is 0 Å². The van der Waals surface area contributed by atoms with E-state index in [2.05, 4.69) is 2.84 Å². The van der Waals surface area contributed by atoms with Gasteiger partial charge in [0.15, 0.2) is 0 Å². The molecule has 0 aliphatic carbocycles. The fourth-order valence-electron chi connectivity index (χ4n) is 0.102. The Morgan fingerprint density at radius 3 is 1.00 bits per heavy atom. The summed E-state index contributed by atoms with van der Waals surface area (Å²) in [5, 5.41) is 0. The first-order valence-corrected chi connectivity index (χ1v) is 7.59. The van der Waals surface area contributed by atoms with Crippen molar-refractivity contribution >= 4 is 10.4 Å². The van der Waals surface area contributed by atoms with E-state index in [0.717, 1.165) is 0 Å². The first kappa shape index (κ1) is 38.3. The Morgan fingerprint density at radius 1 is 0.889 bits per heavy atom. The third-order valence-electron chi connectivity index (χ3n) is 0.167. The maximum atomic E-state index is 9.38. The monoisotopic (exact) mass is 450 g/mol. The van der Waals surface area contributed by atoms with E-state index in [4.69, 9.17) is 17.5 Å². The number of hydrogen-bond acceptors (Lipinski definition) is 9. The van der Waals surface area contributed by atoms with E-state index in [1.54, 1.807) is 0 Å². The van der Waals surface area contributed by atoms with Crippen molar-refractivity contribution in [1.29, 1.82) is 0 Å². The summed E-state index contributed by atoms with van der Waals surface area (Å²) in [5.41, 5.74) is 0. The molecule has 2 N–H and O–H groups in total. The zero-order valence-corrected chi connectivity index (χ0v) is 21.5. The van der Waals surface area contributed by atoms with Crippen LogP contribution in [-0.4, -0.2) is 17.5 Å². The molecule has 96 valence electrons. The molecule has 18 heteroatoms. The molecule has 11 nitrogen and oxygen atoms in total. The Bertz CT molecular complexity index is 425. The van der Waals surface area contributed by atoms with Crippen LogP contribution in [0.4, 0.5) is 0 Å². The average Bonchev–Trinajstić information content (AvgIpc) is 1.42. The van der Waals surface area contributed by atoms with Gasteiger partial charge in [-0.2, -0.15) is 8.42 Å². The Morgan fingerprint density at radius 2 is 1.00 bits per heavy atom. The Kier molecular flexibility index (Phi) is 34.9.